The van der Waals surface area contributed by atoms with Crippen molar-refractivity contribution in [2.45, 2.75) is 20.8 Å². The smallest absolute Gasteiger partial charge is 0.130 e. The van der Waals surface area contributed by atoms with Crippen LogP contribution in [0, 0.1) is 13.8 Å². The Morgan fingerprint density at radius 2 is 1.83 bits per heavy atom. The Kier molecular flexibility index (Phi) is 5.91. The number of aryl methyl sites for hydroxylation is 2. The fourth-order valence-corrected chi connectivity index (χ4v) is 2.22. The minimum Gasteiger partial charge on any atom is -0.457 e. The summed E-state index contributed by atoms with van der Waals surface area (Å²) in [5, 5.41) is 0.985. The molecule has 2 rings (SSSR count). The number of benzene rings is 2. The van der Waals surface area contributed by atoms with Crippen LogP contribution in [-0.4, -0.2) is 24.8 Å². The first-order valence-corrected chi connectivity index (χ1v) is 8.15. The van der Waals surface area contributed by atoms with Gasteiger partial charge in [0.05, 0.1) is 22.1 Å². The maximum Gasteiger partial charge on any atom is 0.130 e. The molecule has 0 radical (unpaired) electrons. The van der Waals surface area contributed by atoms with Gasteiger partial charge >= 0.3 is 0 Å². The van der Waals surface area contributed by atoms with E-state index in [1.54, 1.807) is 18.2 Å². The Morgan fingerprint density at radius 3 is 2.48 bits per heavy atom. The van der Waals surface area contributed by atoms with Crippen LogP contribution in [-0.2, 0) is 0 Å². The van der Waals surface area contributed by atoms with Crippen molar-refractivity contribution in [2.75, 3.05) is 13.6 Å². The third kappa shape index (κ3) is 4.63. The van der Waals surface area contributed by atoms with E-state index in [0.717, 1.165) is 29.1 Å². The van der Waals surface area contributed by atoms with Crippen LogP contribution in [0.15, 0.2) is 35.3 Å². The molecule has 0 aromatic heterocycles. The summed E-state index contributed by atoms with van der Waals surface area (Å²) in [5.41, 5.74) is 2.99. The lowest BCUT2D eigenvalue weighted by Gasteiger charge is -2.13. The van der Waals surface area contributed by atoms with Gasteiger partial charge in [-0.1, -0.05) is 23.2 Å². The maximum absolute atomic E-state index is 6.03. The van der Waals surface area contributed by atoms with Gasteiger partial charge < -0.3 is 9.64 Å². The molecule has 0 saturated heterocycles. The average Bonchev–Trinajstić information content (AvgIpc) is 2.52. The number of rotatable bonds is 5. The highest BCUT2D eigenvalue weighted by molar-refractivity contribution is 6.42. The van der Waals surface area contributed by atoms with Crippen LogP contribution in [0.2, 0.25) is 10.0 Å². The molecule has 0 saturated carbocycles. The SMILES string of the molecule is CCN(C)C=Nc1cc(C)c(Oc2ccc(Cl)c(Cl)c2)cc1C. The zero-order valence-electron chi connectivity index (χ0n) is 13.7. The predicted molar refractivity (Wildman–Crippen MR) is 98.9 cm³/mol. The van der Waals surface area contributed by atoms with Crippen molar-refractivity contribution >= 4 is 35.2 Å². The van der Waals surface area contributed by atoms with Gasteiger partial charge in [-0.25, -0.2) is 4.99 Å². The molecule has 3 nitrogen and oxygen atoms in total. The number of hydrogen-bond donors (Lipinski definition) is 0. The zero-order valence-corrected chi connectivity index (χ0v) is 15.2. The molecule has 0 aliphatic heterocycles. The van der Waals surface area contributed by atoms with Gasteiger partial charge in [0, 0.05) is 19.7 Å². The van der Waals surface area contributed by atoms with Gasteiger partial charge in [-0.3, -0.25) is 0 Å². The molecule has 122 valence electrons. The Morgan fingerprint density at radius 1 is 1.09 bits per heavy atom. The summed E-state index contributed by atoms with van der Waals surface area (Å²) >= 11 is 12.0. The molecular weight excluding hydrogens is 331 g/mol. The predicted octanol–water partition coefficient (Wildman–Crippen LogP) is 6.01. The van der Waals surface area contributed by atoms with Crippen LogP contribution in [0.3, 0.4) is 0 Å². The van der Waals surface area contributed by atoms with Gasteiger partial charge in [0.2, 0.25) is 0 Å². The molecule has 0 N–H and O–H groups in total. The lowest BCUT2D eigenvalue weighted by molar-refractivity contribution is 0.478. The molecule has 23 heavy (non-hydrogen) atoms. The molecule has 0 aliphatic rings. The van der Waals surface area contributed by atoms with Gasteiger partial charge in [0.25, 0.3) is 0 Å². The van der Waals surface area contributed by atoms with Crippen molar-refractivity contribution in [3.05, 3.63) is 51.5 Å². The Bertz CT molecular complexity index is 729. The molecule has 0 aliphatic carbocycles. The highest BCUT2D eigenvalue weighted by Crippen LogP contribution is 2.33. The van der Waals surface area contributed by atoms with E-state index in [1.165, 1.54) is 0 Å². The molecule has 0 heterocycles. The van der Waals surface area contributed by atoms with Crippen LogP contribution >= 0.6 is 23.2 Å². The topological polar surface area (TPSA) is 24.8 Å². The number of aliphatic imine (C=N–C) groups is 1. The van der Waals surface area contributed by atoms with E-state index in [-0.39, 0.29) is 0 Å². The van der Waals surface area contributed by atoms with E-state index in [0.29, 0.717) is 15.8 Å². The largest absolute Gasteiger partial charge is 0.457 e. The first-order chi connectivity index (χ1) is 10.9. The lowest BCUT2D eigenvalue weighted by atomic mass is 10.1. The van der Waals surface area contributed by atoms with E-state index < -0.39 is 0 Å². The van der Waals surface area contributed by atoms with Crippen molar-refractivity contribution in [2.24, 2.45) is 4.99 Å². The quantitative estimate of drug-likeness (QED) is 0.486. The van der Waals surface area contributed by atoms with Gasteiger partial charge in [-0.15, -0.1) is 0 Å². The Labute approximate surface area is 147 Å². The minimum atomic E-state index is 0.474. The van der Waals surface area contributed by atoms with Crippen LogP contribution < -0.4 is 4.74 Å². The summed E-state index contributed by atoms with van der Waals surface area (Å²) in [4.78, 5) is 6.54. The molecular formula is C18H20Cl2N2O. The fraction of sp³-hybridized carbons (Fsp3) is 0.278. The van der Waals surface area contributed by atoms with Crippen LogP contribution in [0.25, 0.3) is 0 Å². The third-order valence-electron chi connectivity index (χ3n) is 3.51. The van der Waals surface area contributed by atoms with Crippen LogP contribution in [0.5, 0.6) is 11.5 Å². The normalized spacial score (nSPS) is 11.0. The van der Waals surface area contributed by atoms with Crippen LogP contribution in [0.4, 0.5) is 5.69 Å². The molecule has 0 unspecified atom stereocenters. The number of halogens is 2. The molecule has 5 heteroatoms. The third-order valence-corrected chi connectivity index (χ3v) is 4.24. The maximum atomic E-state index is 6.03. The number of ether oxygens (including phenoxy) is 1. The zero-order chi connectivity index (χ0) is 17.0. The second-order valence-corrected chi connectivity index (χ2v) is 6.21. The van der Waals surface area contributed by atoms with E-state index >= 15 is 0 Å². The van der Waals surface area contributed by atoms with Crippen molar-refractivity contribution < 1.29 is 4.74 Å². The Hall–Kier alpha value is -1.71. The summed E-state index contributed by atoms with van der Waals surface area (Å²) in [5.74, 6) is 1.44. The van der Waals surface area contributed by atoms with E-state index in [2.05, 4.69) is 11.9 Å². The number of nitrogens with zero attached hydrogens (tertiary/aromatic N) is 2. The average molecular weight is 351 g/mol. The molecule has 0 bridgehead atoms. The van der Waals surface area contributed by atoms with Crippen molar-refractivity contribution in [3.8, 4) is 11.5 Å². The molecule has 0 amide bonds. The summed E-state index contributed by atoms with van der Waals surface area (Å²) < 4.78 is 5.92. The van der Waals surface area contributed by atoms with Crippen molar-refractivity contribution in [1.82, 2.24) is 4.90 Å². The van der Waals surface area contributed by atoms with Crippen molar-refractivity contribution in [3.63, 3.8) is 0 Å². The van der Waals surface area contributed by atoms with E-state index in [4.69, 9.17) is 27.9 Å². The second-order valence-electron chi connectivity index (χ2n) is 5.40. The first-order valence-electron chi connectivity index (χ1n) is 7.39. The van der Waals surface area contributed by atoms with Crippen molar-refractivity contribution in [1.29, 1.82) is 0 Å². The van der Waals surface area contributed by atoms with Crippen LogP contribution in [0.1, 0.15) is 18.1 Å². The second kappa shape index (κ2) is 7.71. The van der Waals surface area contributed by atoms with Gasteiger partial charge in [0.1, 0.15) is 11.5 Å². The molecule has 0 atom stereocenters. The molecule has 2 aromatic rings. The number of hydrogen-bond acceptors (Lipinski definition) is 2. The van der Waals surface area contributed by atoms with Gasteiger partial charge in [-0.2, -0.15) is 0 Å². The Balaban J connectivity index is 2.25. The first kappa shape index (κ1) is 17.6. The monoisotopic (exact) mass is 350 g/mol. The minimum absolute atomic E-state index is 0.474. The van der Waals surface area contributed by atoms with E-state index in [1.807, 2.05) is 44.3 Å². The molecule has 0 spiro atoms. The standard InChI is InChI=1S/C18H20Cl2N2O/c1-5-22(4)11-21-17-8-13(3)18(9-12(17)2)23-14-6-7-15(19)16(20)10-14/h6-11H,5H2,1-4H3. The molecule has 2 aromatic carbocycles. The summed E-state index contributed by atoms with van der Waals surface area (Å²) in [7, 11) is 1.99. The summed E-state index contributed by atoms with van der Waals surface area (Å²) in [6.07, 6.45) is 1.83. The highest BCUT2D eigenvalue weighted by Gasteiger charge is 2.08. The summed E-state index contributed by atoms with van der Waals surface area (Å²) in [6.45, 7) is 7.01. The highest BCUT2D eigenvalue weighted by atomic mass is 35.5. The fourth-order valence-electron chi connectivity index (χ4n) is 1.93. The lowest BCUT2D eigenvalue weighted by Crippen LogP contribution is -2.14. The molecule has 0 fully saturated rings. The van der Waals surface area contributed by atoms with Gasteiger partial charge in [0.15, 0.2) is 0 Å². The van der Waals surface area contributed by atoms with E-state index in [9.17, 15) is 0 Å². The summed E-state index contributed by atoms with van der Waals surface area (Å²) in [6, 6.07) is 9.23. The van der Waals surface area contributed by atoms with Gasteiger partial charge in [-0.05, 0) is 56.2 Å².